The summed E-state index contributed by atoms with van der Waals surface area (Å²) in [6, 6.07) is 3.83. The van der Waals surface area contributed by atoms with Crippen molar-refractivity contribution in [2.45, 2.75) is 58.3 Å². The standard InChI is InChI=1S/C15H23N3/c1-3-5-7-12(8-6-4-2)15-14(17)13(11-16)9-10-18-15/h9-10,12H,3-8,17H2,1-2H3. The summed E-state index contributed by atoms with van der Waals surface area (Å²) < 4.78 is 0. The van der Waals surface area contributed by atoms with Gasteiger partial charge in [0, 0.05) is 12.1 Å². The predicted octanol–water partition coefficient (Wildman–Crippen LogP) is 4.00. The van der Waals surface area contributed by atoms with Gasteiger partial charge in [0.15, 0.2) is 0 Å². The molecular formula is C15H23N3. The molecule has 0 aromatic carbocycles. The van der Waals surface area contributed by atoms with Crippen molar-refractivity contribution in [1.82, 2.24) is 4.98 Å². The van der Waals surface area contributed by atoms with Crippen molar-refractivity contribution in [3.63, 3.8) is 0 Å². The number of rotatable bonds is 7. The number of nitrogens with two attached hydrogens (primary N) is 1. The molecule has 0 spiro atoms. The number of aromatic nitrogens is 1. The van der Waals surface area contributed by atoms with E-state index in [1.54, 1.807) is 12.3 Å². The first-order chi connectivity index (χ1) is 8.74. The Morgan fingerprint density at radius 1 is 1.28 bits per heavy atom. The van der Waals surface area contributed by atoms with E-state index in [4.69, 9.17) is 11.0 Å². The van der Waals surface area contributed by atoms with Gasteiger partial charge in [-0.15, -0.1) is 0 Å². The minimum absolute atomic E-state index is 0.401. The Balaban J connectivity index is 2.93. The van der Waals surface area contributed by atoms with Gasteiger partial charge in [-0.1, -0.05) is 39.5 Å². The summed E-state index contributed by atoms with van der Waals surface area (Å²) in [5, 5.41) is 9.02. The first kappa shape index (κ1) is 14.5. The monoisotopic (exact) mass is 245 g/mol. The molecule has 1 aromatic rings. The van der Waals surface area contributed by atoms with E-state index in [0.29, 0.717) is 17.2 Å². The van der Waals surface area contributed by atoms with E-state index in [0.717, 1.165) is 18.5 Å². The molecule has 0 fully saturated rings. The van der Waals surface area contributed by atoms with Crippen molar-refractivity contribution in [3.8, 4) is 6.07 Å². The van der Waals surface area contributed by atoms with Crippen LogP contribution in [-0.2, 0) is 0 Å². The lowest BCUT2D eigenvalue weighted by atomic mass is 9.91. The number of anilines is 1. The van der Waals surface area contributed by atoms with Crippen LogP contribution in [-0.4, -0.2) is 4.98 Å². The van der Waals surface area contributed by atoms with Crippen molar-refractivity contribution >= 4 is 5.69 Å². The molecule has 0 saturated heterocycles. The van der Waals surface area contributed by atoms with Crippen LogP contribution in [0.15, 0.2) is 12.3 Å². The lowest BCUT2D eigenvalue weighted by Gasteiger charge is -2.18. The molecule has 0 unspecified atom stereocenters. The lowest BCUT2D eigenvalue weighted by Crippen LogP contribution is -2.07. The van der Waals surface area contributed by atoms with Crippen molar-refractivity contribution in [1.29, 1.82) is 5.26 Å². The highest BCUT2D eigenvalue weighted by Crippen LogP contribution is 2.31. The van der Waals surface area contributed by atoms with Gasteiger partial charge in [-0.3, -0.25) is 4.98 Å². The maximum Gasteiger partial charge on any atom is 0.101 e. The average Bonchev–Trinajstić information content (AvgIpc) is 2.40. The molecule has 2 N–H and O–H groups in total. The third-order valence-electron chi connectivity index (χ3n) is 3.34. The third kappa shape index (κ3) is 3.73. The van der Waals surface area contributed by atoms with Crippen LogP contribution in [0.1, 0.15) is 69.5 Å². The van der Waals surface area contributed by atoms with Gasteiger partial charge in [0.05, 0.1) is 16.9 Å². The van der Waals surface area contributed by atoms with Crippen molar-refractivity contribution in [3.05, 3.63) is 23.5 Å². The van der Waals surface area contributed by atoms with Gasteiger partial charge < -0.3 is 5.73 Å². The summed E-state index contributed by atoms with van der Waals surface area (Å²) in [7, 11) is 0. The molecule has 0 amide bonds. The average molecular weight is 245 g/mol. The highest BCUT2D eigenvalue weighted by atomic mass is 14.7. The van der Waals surface area contributed by atoms with Crippen LogP contribution in [0.2, 0.25) is 0 Å². The number of pyridine rings is 1. The summed E-state index contributed by atoms with van der Waals surface area (Å²) in [5.41, 5.74) is 8.11. The van der Waals surface area contributed by atoms with Crippen LogP contribution in [0.25, 0.3) is 0 Å². The Hall–Kier alpha value is -1.56. The van der Waals surface area contributed by atoms with Crippen molar-refractivity contribution in [2.75, 3.05) is 5.73 Å². The number of hydrogen-bond donors (Lipinski definition) is 1. The maximum atomic E-state index is 9.02. The number of nitrogens with zero attached hydrogens (tertiary/aromatic N) is 2. The molecule has 1 rings (SSSR count). The number of hydrogen-bond acceptors (Lipinski definition) is 3. The molecule has 1 heterocycles. The summed E-state index contributed by atoms with van der Waals surface area (Å²) in [5.74, 6) is 0.401. The Labute approximate surface area is 110 Å². The highest BCUT2D eigenvalue weighted by molar-refractivity contribution is 5.57. The SMILES string of the molecule is CCCCC(CCCC)c1nccc(C#N)c1N. The quantitative estimate of drug-likeness (QED) is 0.789. The minimum atomic E-state index is 0.401. The van der Waals surface area contributed by atoms with Crippen LogP contribution >= 0.6 is 0 Å². The third-order valence-corrected chi connectivity index (χ3v) is 3.34. The molecule has 98 valence electrons. The van der Waals surface area contributed by atoms with Crippen LogP contribution < -0.4 is 5.73 Å². The first-order valence-corrected chi connectivity index (χ1v) is 6.89. The van der Waals surface area contributed by atoms with Crippen LogP contribution in [0.4, 0.5) is 5.69 Å². The molecular weight excluding hydrogens is 222 g/mol. The summed E-state index contributed by atoms with van der Waals surface area (Å²) in [6.07, 6.45) is 8.67. The van der Waals surface area contributed by atoms with Crippen molar-refractivity contribution in [2.24, 2.45) is 0 Å². The molecule has 0 aliphatic rings. The molecule has 18 heavy (non-hydrogen) atoms. The smallest absolute Gasteiger partial charge is 0.101 e. The van der Waals surface area contributed by atoms with Gasteiger partial charge in [0.1, 0.15) is 6.07 Å². The zero-order valence-corrected chi connectivity index (χ0v) is 11.4. The van der Waals surface area contributed by atoms with Gasteiger partial charge in [0.25, 0.3) is 0 Å². The lowest BCUT2D eigenvalue weighted by molar-refractivity contribution is 0.516. The predicted molar refractivity (Wildman–Crippen MR) is 75.2 cm³/mol. The van der Waals surface area contributed by atoms with Gasteiger partial charge in [0.2, 0.25) is 0 Å². The molecule has 0 aliphatic carbocycles. The second-order valence-corrected chi connectivity index (χ2v) is 4.75. The van der Waals surface area contributed by atoms with E-state index in [2.05, 4.69) is 24.9 Å². The molecule has 3 heteroatoms. The van der Waals surface area contributed by atoms with Gasteiger partial charge >= 0.3 is 0 Å². The van der Waals surface area contributed by atoms with Gasteiger partial charge in [-0.2, -0.15) is 5.26 Å². The Kier molecular flexibility index (Phi) is 6.21. The molecule has 3 nitrogen and oxygen atoms in total. The highest BCUT2D eigenvalue weighted by Gasteiger charge is 2.17. The summed E-state index contributed by atoms with van der Waals surface area (Å²) in [6.45, 7) is 4.39. The minimum Gasteiger partial charge on any atom is -0.396 e. The Morgan fingerprint density at radius 3 is 2.39 bits per heavy atom. The fraction of sp³-hybridized carbons (Fsp3) is 0.600. The van der Waals surface area contributed by atoms with Crippen LogP contribution in [0.3, 0.4) is 0 Å². The van der Waals surface area contributed by atoms with Gasteiger partial charge in [-0.05, 0) is 18.9 Å². The van der Waals surface area contributed by atoms with Gasteiger partial charge in [-0.25, -0.2) is 0 Å². The normalized spacial score (nSPS) is 10.6. The number of unbranched alkanes of at least 4 members (excludes halogenated alkanes) is 2. The number of nitrogen functional groups attached to an aromatic ring is 1. The van der Waals surface area contributed by atoms with E-state index in [1.807, 2.05) is 0 Å². The van der Waals surface area contributed by atoms with E-state index in [9.17, 15) is 0 Å². The topological polar surface area (TPSA) is 62.7 Å². The maximum absolute atomic E-state index is 9.02. The fourth-order valence-corrected chi connectivity index (χ4v) is 2.23. The summed E-state index contributed by atoms with van der Waals surface area (Å²) in [4.78, 5) is 4.42. The number of nitriles is 1. The molecule has 1 aromatic heterocycles. The van der Waals surface area contributed by atoms with E-state index < -0.39 is 0 Å². The first-order valence-electron chi connectivity index (χ1n) is 6.89. The zero-order valence-electron chi connectivity index (χ0n) is 11.4. The molecule has 0 bridgehead atoms. The van der Waals surface area contributed by atoms with E-state index in [-0.39, 0.29) is 0 Å². The largest absolute Gasteiger partial charge is 0.396 e. The van der Waals surface area contributed by atoms with Crippen molar-refractivity contribution < 1.29 is 0 Å². The Morgan fingerprint density at radius 2 is 1.89 bits per heavy atom. The zero-order chi connectivity index (χ0) is 13.4. The second kappa shape index (κ2) is 7.71. The Bertz CT molecular complexity index is 399. The molecule has 0 radical (unpaired) electrons. The van der Waals surface area contributed by atoms with Crippen LogP contribution in [0, 0.1) is 11.3 Å². The molecule has 0 atom stereocenters. The summed E-state index contributed by atoms with van der Waals surface area (Å²) >= 11 is 0. The molecule has 0 saturated carbocycles. The molecule has 0 aliphatic heterocycles. The fourth-order valence-electron chi connectivity index (χ4n) is 2.23. The van der Waals surface area contributed by atoms with E-state index in [1.165, 1.54) is 25.7 Å². The van der Waals surface area contributed by atoms with Crippen LogP contribution in [0.5, 0.6) is 0 Å². The van der Waals surface area contributed by atoms with E-state index >= 15 is 0 Å². The second-order valence-electron chi connectivity index (χ2n) is 4.75.